The van der Waals surface area contributed by atoms with Crippen molar-refractivity contribution >= 4 is 0 Å². The van der Waals surface area contributed by atoms with Gasteiger partial charge in [-0.05, 0) is 38.2 Å². The summed E-state index contributed by atoms with van der Waals surface area (Å²) in [6.07, 6.45) is 8.17. The number of rotatable bonds is 4. The minimum atomic E-state index is -0.233. The van der Waals surface area contributed by atoms with Gasteiger partial charge in [-0.3, -0.25) is 5.32 Å². The monoisotopic (exact) mass is 213 g/mol. The molecule has 1 atom stereocenters. The van der Waals surface area contributed by atoms with Crippen molar-refractivity contribution in [1.82, 2.24) is 5.32 Å². The summed E-state index contributed by atoms with van der Waals surface area (Å²) in [5.41, 5.74) is 1.12. The molecule has 1 aromatic rings. The Bertz CT molecular complexity index is 382. The molecule has 1 aliphatic rings. The molecule has 84 valence electrons. The van der Waals surface area contributed by atoms with E-state index in [1.165, 1.54) is 18.4 Å². The van der Waals surface area contributed by atoms with Crippen LogP contribution in [0.4, 0.5) is 0 Å². The Morgan fingerprint density at radius 2 is 1.94 bits per heavy atom. The van der Waals surface area contributed by atoms with E-state index in [4.69, 9.17) is 6.42 Å². The molecular formula is C15H19N. The molecule has 0 aromatic heterocycles. The molecule has 1 heteroatoms. The minimum Gasteiger partial charge on any atom is -0.294 e. The smallest absolute Gasteiger partial charge is 0.0746 e. The second-order valence-electron chi connectivity index (χ2n) is 5.14. The van der Waals surface area contributed by atoms with Gasteiger partial charge in [0.1, 0.15) is 0 Å². The molecule has 1 saturated carbocycles. The average Bonchev–Trinajstić information content (AvgIpc) is 3.11. The lowest BCUT2D eigenvalue weighted by Crippen LogP contribution is -2.41. The lowest BCUT2D eigenvalue weighted by Gasteiger charge is -2.28. The Balaban J connectivity index is 2.16. The van der Waals surface area contributed by atoms with Crippen LogP contribution in [-0.2, 0) is 0 Å². The lowest BCUT2D eigenvalue weighted by atomic mass is 9.97. The fourth-order valence-electron chi connectivity index (χ4n) is 1.99. The third-order valence-electron chi connectivity index (χ3n) is 3.13. The molecule has 0 aliphatic heterocycles. The van der Waals surface area contributed by atoms with Gasteiger partial charge in [0.2, 0.25) is 0 Å². The maximum atomic E-state index is 5.54. The van der Waals surface area contributed by atoms with E-state index in [2.05, 4.69) is 55.4 Å². The predicted octanol–water partition coefficient (Wildman–Crippen LogP) is 3.14. The largest absolute Gasteiger partial charge is 0.294 e. The Kier molecular flexibility index (Phi) is 3.03. The average molecular weight is 213 g/mol. The molecule has 0 saturated heterocycles. The zero-order chi connectivity index (χ0) is 11.6. The van der Waals surface area contributed by atoms with Crippen LogP contribution in [0.3, 0.4) is 0 Å². The Hall–Kier alpha value is -1.26. The van der Waals surface area contributed by atoms with Crippen molar-refractivity contribution in [3.05, 3.63) is 35.9 Å². The summed E-state index contributed by atoms with van der Waals surface area (Å²) in [6, 6.07) is 11.0. The van der Waals surface area contributed by atoms with Crippen molar-refractivity contribution < 1.29 is 0 Å². The van der Waals surface area contributed by atoms with Crippen LogP contribution in [0.15, 0.2) is 30.3 Å². The van der Waals surface area contributed by atoms with Gasteiger partial charge in [-0.15, -0.1) is 6.42 Å². The summed E-state index contributed by atoms with van der Waals surface area (Å²) in [7, 11) is 0. The summed E-state index contributed by atoms with van der Waals surface area (Å²) < 4.78 is 0. The van der Waals surface area contributed by atoms with Crippen LogP contribution in [0.1, 0.15) is 38.3 Å². The van der Waals surface area contributed by atoms with Crippen LogP contribution in [0.25, 0.3) is 0 Å². The van der Waals surface area contributed by atoms with Crippen molar-refractivity contribution in [2.24, 2.45) is 5.92 Å². The maximum absolute atomic E-state index is 5.54. The highest BCUT2D eigenvalue weighted by Crippen LogP contribution is 2.41. The van der Waals surface area contributed by atoms with E-state index in [0.29, 0.717) is 6.04 Å². The fourth-order valence-corrected chi connectivity index (χ4v) is 1.99. The Morgan fingerprint density at radius 3 is 2.44 bits per heavy atom. The fraction of sp³-hybridized carbons (Fsp3) is 0.467. The molecule has 0 radical (unpaired) electrons. The van der Waals surface area contributed by atoms with E-state index in [-0.39, 0.29) is 5.54 Å². The highest BCUT2D eigenvalue weighted by atomic mass is 15.0. The van der Waals surface area contributed by atoms with Crippen LogP contribution < -0.4 is 5.32 Å². The van der Waals surface area contributed by atoms with Gasteiger partial charge < -0.3 is 0 Å². The van der Waals surface area contributed by atoms with Crippen molar-refractivity contribution in [2.45, 2.75) is 38.3 Å². The SMILES string of the molecule is C#CC(C)(C)NC(c1ccccc1)C1CC1. The number of hydrogen-bond acceptors (Lipinski definition) is 1. The van der Waals surface area contributed by atoms with Crippen molar-refractivity contribution in [3.63, 3.8) is 0 Å². The molecule has 0 amide bonds. The Morgan fingerprint density at radius 1 is 1.31 bits per heavy atom. The molecule has 1 nitrogen and oxygen atoms in total. The molecule has 1 unspecified atom stereocenters. The quantitative estimate of drug-likeness (QED) is 0.758. The number of hydrogen-bond donors (Lipinski definition) is 1. The highest BCUT2D eigenvalue weighted by molar-refractivity contribution is 5.23. The van der Waals surface area contributed by atoms with Gasteiger partial charge in [-0.1, -0.05) is 36.3 Å². The normalized spacial score (nSPS) is 17.8. The zero-order valence-corrected chi connectivity index (χ0v) is 10.0. The highest BCUT2D eigenvalue weighted by Gasteiger charge is 2.34. The third kappa shape index (κ3) is 2.65. The van der Waals surface area contributed by atoms with E-state index in [0.717, 1.165) is 5.92 Å². The van der Waals surface area contributed by atoms with Crippen LogP contribution >= 0.6 is 0 Å². The van der Waals surface area contributed by atoms with Crippen molar-refractivity contribution in [1.29, 1.82) is 0 Å². The molecule has 1 N–H and O–H groups in total. The number of terminal acetylenes is 1. The first kappa shape index (κ1) is 11.2. The molecule has 16 heavy (non-hydrogen) atoms. The molecule has 1 aliphatic carbocycles. The van der Waals surface area contributed by atoms with Gasteiger partial charge in [0, 0.05) is 6.04 Å². The minimum absolute atomic E-state index is 0.233. The third-order valence-corrected chi connectivity index (χ3v) is 3.13. The van der Waals surface area contributed by atoms with Crippen LogP contribution in [0, 0.1) is 18.3 Å². The first-order valence-corrected chi connectivity index (χ1v) is 5.93. The standard InChI is InChI=1S/C15H19N/c1-4-15(2,3)16-14(13-10-11-13)12-8-6-5-7-9-12/h1,5-9,13-14,16H,10-11H2,2-3H3. The van der Waals surface area contributed by atoms with E-state index in [9.17, 15) is 0 Å². The van der Waals surface area contributed by atoms with Gasteiger partial charge in [-0.2, -0.15) is 0 Å². The molecule has 2 rings (SSSR count). The summed E-state index contributed by atoms with van der Waals surface area (Å²) in [5, 5.41) is 3.59. The van der Waals surface area contributed by atoms with Crippen molar-refractivity contribution in [2.75, 3.05) is 0 Å². The number of nitrogens with one attached hydrogen (secondary N) is 1. The molecule has 1 fully saturated rings. The lowest BCUT2D eigenvalue weighted by molar-refractivity contribution is 0.381. The van der Waals surface area contributed by atoms with Gasteiger partial charge in [0.05, 0.1) is 5.54 Å². The van der Waals surface area contributed by atoms with Gasteiger partial charge in [0.25, 0.3) is 0 Å². The van der Waals surface area contributed by atoms with E-state index in [1.807, 2.05) is 0 Å². The van der Waals surface area contributed by atoms with Crippen LogP contribution in [-0.4, -0.2) is 5.54 Å². The van der Waals surface area contributed by atoms with Crippen LogP contribution in [0.2, 0.25) is 0 Å². The van der Waals surface area contributed by atoms with E-state index >= 15 is 0 Å². The predicted molar refractivity (Wildman–Crippen MR) is 68.0 cm³/mol. The molecule has 0 spiro atoms. The van der Waals surface area contributed by atoms with Crippen LogP contribution in [0.5, 0.6) is 0 Å². The van der Waals surface area contributed by atoms with E-state index in [1.54, 1.807) is 0 Å². The summed E-state index contributed by atoms with van der Waals surface area (Å²) in [5.74, 6) is 3.57. The summed E-state index contributed by atoms with van der Waals surface area (Å²) >= 11 is 0. The number of benzene rings is 1. The molecular weight excluding hydrogens is 194 g/mol. The van der Waals surface area contributed by atoms with E-state index < -0.39 is 0 Å². The van der Waals surface area contributed by atoms with Crippen molar-refractivity contribution in [3.8, 4) is 12.3 Å². The second-order valence-corrected chi connectivity index (χ2v) is 5.14. The molecule has 1 aromatic carbocycles. The first-order chi connectivity index (χ1) is 7.62. The zero-order valence-electron chi connectivity index (χ0n) is 10.0. The molecule has 0 bridgehead atoms. The maximum Gasteiger partial charge on any atom is 0.0746 e. The Labute approximate surface area is 98.3 Å². The topological polar surface area (TPSA) is 12.0 Å². The van der Waals surface area contributed by atoms with Gasteiger partial charge in [-0.25, -0.2) is 0 Å². The first-order valence-electron chi connectivity index (χ1n) is 5.93. The van der Waals surface area contributed by atoms with Gasteiger partial charge in [0.15, 0.2) is 0 Å². The van der Waals surface area contributed by atoms with Gasteiger partial charge >= 0.3 is 0 Å². The molecule has 0 heterocycles. The summed E-state index contributed by atoms with van der Waals surface area (Å²) in [6.45, 7) is 4.12. The summed E-state index contributed by atoms with van der Waals surface area (Å²) in [4.78, 5) is 0. The second kappa shape index (κ2) is 4.31.